The first-order valence-electron chi connectivity index (χ1n) is 13.4. The molecule has 0 aliphatic heterocycles. The van der Waals surface area contributed by atoms with Crippen LogP contribution in [-0.2, 0) is 38.1 Å². The van der Waals surface area contributed by atoms with Gasteiger partial charge in [0.2, 0.25) is 0 Å². The molecule has 19 heteroatoms. The van der Waals surface area contributed by atoms with E-state index >= 15 is 0 Å². The minimum absolute atomic E-state index is 0.0156. The second-order valence-corrected chi connectivity index (χ2v) is 8.69. The summed E-state index contributed by atoms with van der Waals surface area (Å²) in [7, 11) is 0. The zero-order chi connectivity index (χ0) is 36.3. The Labute approximate surface area is 271 Å². The number of hydrogen-bond donors (Lipinski definition) is 2. The van der Waals surface area contributed by atoms with Crippen LogP contribution in [0, 0.1) is 20.2 Å². The van der Waals surface area contributed by atoms with E-state index in [4.69, 9.17) is 26.2 Å². The van der Waals surface area contributed by atoms with Crippen LogP contribution in [0.5, 0.6) is 0 Å². The molecule has 0 aromatic heterocycles. The van der Waals surface area contributed by atoms with Crippen molar-refractivity contribution in [2.24, 2.45) is 0 Å². The Morgan fingerprint density at radius 1 is 0.681 bits per heavy atom. The number of carboxylic acid groups (broad SMARTS) is 2. The second kappa shape index (κ2) is 21.2. The summed E-state index contributed by atoms with van der Waals surface area (Å²) < 4.78 is 18.6. The Hall–Kier alpha value is -5.65. The first kappa shape index (κ1) is 41.4. The summed E-state index contributed by atoms with van der Waals surface area (Å²) in [5, 5.41) is 38.8. The number of carboxylic acids is 2. The number of halogens is 1. The standard InChI is InChI=1S/C14H15NO8.C7H4ClNO4.C7H12O4/c1-3-22-13(18)11(14(19)23-4-2)9-6-5-8(15(20)21)7-10(9)12(16)17;8-6-2-1-4(9(12)13)3-5(6)7(10)11;1-3-10-6(8)5-7(9)11-4-2/h5-7,11H,3-4H2,1-2H3,(H,16,17);1-3H,(H,10,11);3-5H2,1-2H3. The van der Waals surface area contributed by atoms with Gasteiger partial charge in [-0.2, -0.15) is 0 Å². The summed E-state index contributed by atoms with van der Waals surface area (Å²) in [6.07, 6.45) is -0.290. The highest BCUT2D eigenvalue weighted by molar-refractivity contribution is 6.33. The van der Waals surface area contributed by atoms with Crippen molar-refractivity contribution in [2.75, 3.05) is 26.4 Å². The summed E-state index contributed by atoms with van der Waals surface area (Å²) in [5.74, 6) is -7.46. The third kappa shape index (κ3) is 14.3. The minimum Gasteiger partial charge on any atom is -0.478 e. The number of carbonyl (C=O) groups excluding carboxylic acids is 4. The molecule has 0 saturated heterocycles. The summed E-state index contributed by atoms with van der Waals surface area (Å²) >= 11 is 5.49. The van der Waals surface area contributed by atoms with E-state index in [0.29, 0.717) is 0 Å². The average Bonchev–Trinajstić information content (AvgIpc) is 2.98. The Morgan fingerprint density at radius 3 is 1.43 bits per heavy atom. The Kier molecular flexibility index (Phi) is 18.6. The molecule has 0 aliphatic carbocycles. The van der Waals surface area contributed by atoms with Crippen molar-refractivity contribution in [3.05, 3.63) is 78.3 Å². The van der Waals surface area contributed by atoms with Gasteiger partial charge in [0.1, 0.15) is 6.42 Å². The number of nitro benzene ring substituents is 2. The predicted octanol–water partition coefficient (Wildman–Crippen LogP) is 3.95. The molecular formula is C28H31ClN2O16. The van der Waals surface area contributed by atoms with Crippen LogP contribution in [0.1, 0.15) is 66.3 Å². The zero-order valence-electron chi connectivity index (χ0n) is 25.5. The highest BCUT2D eigenvalue weighted by atomic mass is 35.5. The number of ether oxygens (including phenoxy) is 4. The number of esters is 4. The van der Waals surface area contributed by atoms with Gasteiger partial charge >= 0.3 is 35.8 Å². The maximum atomic E-state index is 12.0. The first-order chi connectivity index (χ1) is 22.0. The fourth-order valence-electron chi connectivity index (χ4n) is 3.23. The molecule has 47 heavy (non-hydrogen) atoms. The van der Waals surface area contributed by atoms with Gasteiger partial charge in [0, 0.05) is 24.3 Å². The summed E-state index contributed by atoms with van der Waals surface area (Å²) in [4.78, 5) is 86.6. The molecular weight excluding hydrogens is 656 g/mol. The van der Waals surface area contributed by atoms with Gasteiger partial charge in [-0.15, -0.1) is 0 Å². The highest BCUT2D eigenvalue weighted by Gasteiger charge is 2.35. The molecule has 0 bridgehead atoms. The molecule has 0 aliphatic rings. The molecule has 0 radical (unpaired) electrons. The minimum atomic E-state index is -1.62. The van der Waals surface area contributed by atoms with Crippen LogP contribution in [0.25, 0.3) is 0 Å². The van der Waals surface area contributed by atoms with Gasteiger partial charge in [-0.1, -0.05) is 11.6 Å². The van der Waals surface area contributed by atoms with Crippen LogP contribution in [0.3, 0.4) is 0 Å². The van der Waals surface area contributed by atoms with E-state index in [1.54, 1.807) is 13.8 Å². The van der Waals surface area contributed by atoms with Crippen molar-refractivity contribution in [1.82, 2.24) is 0 Å². The average molecular weight is 687 g/mol. The lowest BCUT2D eigenvalue weighted by molar-refractivity contribution is -0.385. The number of nitrogens with zero attached hydrogens (tertiary/aromatic N) is 2. The third-order valence-corrected chi connectivity index (χ3v) is 5.45. The summed E-state index contributed by atoms with van der Waals surface area (Å²) in [6, 6.07) is 6.08. The molecule has 2 aromatic carbocycles. The molecule has 2 aromatic rings. The van der Waals surface area contributed by atoms with Gasteiger partial charge in [0.15, 0.2) is 5.92 Å². The Bertz CT molecular complexity index is 1440. The van der Waals surface area contributed by atoms with Crippen LogP contribution in [0.4, 0.5) is 11.4 Å². The third-order valence-electron chi connectivity index (χ3n) is 5.12. The van der Waals surface area contributed by atoms with Crippen LogP contribution in [0.15, 0.2) is 36.4 Å². The van der Waals surface area contributed by atoms with Crippen LogP contribution in [0.2, 0.25) is 5.02 Å². The van der Waals surface area contributed by atoms with E-state index in [1.807, 2.05) is 0 Å². The van der Waals surface area contributed by atoms with Crippen molar-refractivity contribution in [3.63, 3.8) is 0 Å². The van der Waals surface area contributed by atoms with Crippen LogP contribution >= 0.6 is 11.6 Å². The van der Waals surface area contributed by atoms with Gasteiger partial charge in [0.05, 0.1) is 52.4 Å². The Morgan fingerprint density at radius 2 is 1.06 bits per heavy atom. The normalized spacial score (nSPS) is 9.74. The van der Waals surface area contributed by atoms with Gasteiger partial charge in [-0.3, -0.25) is 39.4 Å². The molecule has 256 valence electrons. The van der Waals surface area contributed by atoms with E-state index in [0.717, 1.165) is 30.3 Å². The fourth-order valence-corrected chi connectivity index (χ4v) is 3.43. The molecule has 0 amide bonds. The molecule has 0 spiro atoms. The zero-order valence-corrected chi connectivity index (χ0v) is 26.2. The molecule has 0 saturated carbocycles. The predicted molar refractivity (Wildman–Crippen MR) is 159 cm³/mol. The number of nitro groups is 2. The van der Waals surface area contributed by atoms with Gasteiger partial charge in [0.25, 0.3) is 11.4 Å². The smallest absolute Gasteiger partial charge is 0.337 e. The highest BCUT2D eigenvalue weighted by Crippen LogP contribution is 2.27. The number of carbonyl (C=O) groups is 6. The first-order valence-corrected chi connectivity index (χ1v) is 13.8. The molecule has 0 fully saturated rings. The molecule has 2 N–H and O–H groups in total. The van der Waals surface area contributed by atoms with Crippen molar-refractivity contribution >= 4 is 58.8 Å². The topological polar surface area (TPSA) is 266 Å². The fraction of sp³-hybridized carbons (Fsp3) is 0.357. The van der Waals surface area contributed by atoms with E-state index in [9.17, 15) is 54.1 Å². The number of rotatable bonds is 13. The number of non-ortho nitro benzene ring substituents is 2. The quantitative estimate of drug-likeness (QED) is 0.0992. The maximum Gasteiger partial charge on any atom is 0.337 e. The lowest BCUT2D eigenvalue weighted by Crippen LogP contribution is -2.28. The summed E-state index contributed by atoms with van der Waals surface area (Å²) in [6.45, 7) is 6.94. The van der Waals surface area contributed by atoms with Gasteiger partial charge < -0.3 is 29.2 Å². The van der Waals surface area contributed by atoms with E-state index < -0.39 is 62.8 Å². The maximum absolute atomic E-state index is 12.0. The van der Waals surface area contributed by atoms with Gasteiger partial charge in [-0.05, 0) is 45.4 Å². The second-order valence-electron chi connectivity index (χ2n) is 8.28. The number of hydrogen-bond acceptors (Lipinski definition) is 14. The lowest BCUT2D eigenvalue weighted by atomic mass is 9.93. The van der Waals surface area contributed by atoms with E-state index in [-0.39, 0.29) is 54.7 Å². The molecule has 0 unspecified atom stereocenters. The molecule has 0 atom stereocenters. The van der Waals surface area contributed by atoms with E-state index in [1.165, 1.54) is 19.9 Å². The lowest BCUT2D eigenvalue weighted by Gasteiger charge is -2.16. The van der Waals surface area contributed by atoms with Gasteiger partial charge in [-0.25, -0.2) is 9.59 Å². The molecule has 18 nitrogen and oxygen atoms in total. The molecule has 2 rings (SSSR count). The van der Waals surface area contributed by atoms with E-state index in [2.05, 4.69) is 9.47 Å². The monoisotopic (exact) mass is 686 g/mol. The van der Waals surface area contributed by atoms with Crippen molar-refractivity contribution in [1.29, 1.82) is 0 Å². The van der Waals surface area contributed by atoms with Crippen LogP contribution < -0.4 is 0 Å². The summed E-state index contributed by atoms with van der Waals surface area (Å²) in [5.41, 5.74) is -1.79. The van der Waals surface area contributed by atoms with Crippen molar-refractivity contribution in [2.45, 2.75) is 40.0 Å². The van der Waals surface area contributed by atoms with Crippen molar-refractivity contribution in [3.8, 4) is 0 Å². The number of benzene rings is 2. The van der Waals surface area contributed by atoms with Crippen molar-refractivity contribution < 1.29 is 67.8 Å². The molecule has 0 heterocycles. The number of aromatic carboxylic acids is 2. The SMILES string of the molecule is CCOC(=O)C(C(=O)OCC)c1ccc([N+](=O)[O-])cc1C(=O)O.CCOC(=O)CC(=O)OCC.O=C(O)c1cc([N+](=O)[O-])ccc1Cl. The Balaban J connectivity index is 0.000000744. The largest absolute Gasteiger partial charge is 0.478 e. The van der Waals surface area contributed by atoms with Crippen LogP contribution in [-0.4, -0.2) is 82.3 Å².